The van der Waals surface area contributed by atoms with Gasteiger partial charge in [0.25, 0.3) is 0 Å². The minimum Gasteiger partial charge on any atom is -0.478 e. The van der Waals surface area contributed by atoms with Gasteiger partial charge >= 0.3 is 5.97 Å². The summed E-state index contributed by atoms with van der Waals surface area (Å²) in [6.07, 6.45) is 3.27. The molecule has 2 nitrogen and oxygen atoms in total. The lowest BCUT2D eigenvalue weighted by Gasteiger charge is -2.08. The van der Waals surface area contributed by atoms with Crippen LogP contribution in [0.4, 0.5) is 4.39 Å². The Bertz CT molecular complexity index is 948. The number of halogens is 2. The highest BCUT2D eigenvalue weighted by atomic mass is 35.5. The summed E-state index contributed by atoms with van der Waals surface area (Å²) in [6.45, 7) is 0. The van der Waals surface area contributed by atoms with E-state index in [0.717, 1.165) is 33.5 Å². The Morgan fingerprint density at radius 2 is 1.79 bits per heavy atom. The molecule has 0 aliphatic heterocycles. The van der Waals surface area contributed by atoms with Crippen molar-refractivity contribution in [2.75, 3.05) is 0 Å². The zero-order chi connectivity index (χ0) is 17.1. The highest BCUT2D eigenvalue weighted by molar-refractivity contribution is 6.30. The van der Waals surface area contributed by atoms with Crippen molar-refractivity contribution in [3.05, 3.63) is 88.2 Å². The third-order valence-corrected chi connectivity index (χ3v) is 4.01. The van der Waals surface area contributed by atoms with Gasteiger partial charge in [-0.05, 0) is 64.2 Å². The van der Waals surface area contributed by atoms with Gasteiger partial charge in [-0.1, -0.05) is 41.9 Å². The molecule has 3 rings (SSSR count). The van der Waals surface area contributed by atoms with E-state index >= 15 is 0 Å². The number of aliphatic carboxylic acids is 1. The summed E-state index contributed by atoms with van der Waals surface area (Å²) in [5, 5.41) is 11.2. The van der Waals surface area contributed by atoms with E-state index in [9.17, 15) is 9.18 Å². The van der Waals surface area contributed by atoms with Gasteiger partial charge in [0.15, 0.2) is 0 Å². The van der Waals surface area contributed by atoms with Crippen LogP contribution in [0.25, 0.3) is 16.8 Å². The summed E-state index contributed by atoms with van der Waals surface area (Å²) >= 11 is 6.08. The fraction of sp³-hybridized carbons (Fsp3) is 0.0500. The molecule has 0 heterocycles. The van der Waals surface area contributed by atoms with Crippen LogP contribution < -0.4 is 0 Å². The maximum atomic E-state index is 13.3. The average molecular weight is 341 g/mol. The van der Waals surface area contributed by atoms with Gasteiger partial charge in [-0.2, -0.15) is 0 Å². The van der Waals surface area contributed by atoms with Gasteiger partial charge in [0.2, 0.25) is 0 Å². The monoisotopic (exact) mass is 340 g/mol. The van der Waals surface area contributed by atoms with E-state index in [1.165, 1.54) is 12.1 Å². The summed E-state index contributed by atoms with van der Waals surface area (Å²) < 4.78 is 13.3. The zero-order valence-corrected chi connectivity index (χ0v) is 13.4. The predicted octanol–water partition coefficient (Wildman–Crippen LogP) is 5.32. The highest BCUT2D eigenvalue weighted by Crippen LogP contribution is 2.23. The van der Waals surface area contributed by atoms with Gasteiger partial charge in [0.1, 0.15) is 5.82 Å². The fourth-order valence-electron chi connectivity index (χ4n) is 2.65. The first-order chi connectivity index (χ1) is 11.5. The quantitative estimate of drug-likeness (QED) is 0.652. The summed E-state index contributed by atoms with van der Waals surface area (Å²) in [5.74, 6) is -1.25. The van der Waals surface area contributed by atoms with Crippen LogP contribution in [0.5, 0.6) is 0 Å². The molecule has 24 heavy (non-hydrogen) atoms. The Morgan fingerprint density at radius 1 is 1.04 bits per heavy atom. The fourth-order valence-corrected chi connectivity index (χ4v) is 2.84. The van der Waals surface area contributed by atoms with E-state index in [0.29, 0.717) is 11.4 Å². The smallest absolute Gasteiger partial charge is 0.328 e. The highest BCUT2D eigenvalue weighted by Gasteiger charge is 2.05. The van der Waals surface area contributed by atoms with Crippen molar-refractivity contribution in [2.24, 2.45) is 0 Å². The molecule has 120 valence electrons. The Labute approximate surface area is 143 Å². The van der Waals surface area contributed by atoms with E-state index in [2.05, 4.69) is 0 Å². The van der Waals surface area contributed by atoms with Gasteiger partial charge in [-0.15, -0.1) is 0 Å². The van der Waals surface area contributed by atoms with Crippen molar-refractivity contribution in [3.63, 3.8) is 0 Å². The number of hydrogen-bond acceptors (Lipinski definition) is 1. The molecular weight excluding hydrogens is 327 g/mol. The number of carboxylic acid groups (broad SMARTS) is 1. The molecule has 0 saturated heterocycles. The van der Waals surface area contributed by atoms with Gasteiger partial charge in [-0.25, -0.2) is 9.18 Å². The normalized spacial score (nSPS) is 11.2. The third kappa shape index (κ3) is 3.81. The summed E-state index contributed by atoms with van der Waals surface area (Å²) in [5.41, 5.74) is 2.78. The van der Waals surface area contributed by atoms with Crippen molar-refractivity contribution in [1.82, 2.24) is 0 Å². The first kappa shape index (κ1) is 16.2. The molecule has 0 aliphatic rings. The molecule has 0 saturated carbocycles. The number of carboxylic acids is 1. The lowest BCUT2D eigenvalue weighted by molar-refractivity contribution is -0.131. The van der Waals surface area contributed by atoms with Crippen molar-refractivity contribution in [2.45, 2.75) is 6.42 Å². The minimum atomic E-state index is -0.997. The zero-order valence-electron chi connectivity index (χ0n) is 12.7. The van der Waals surface area contributed by atoms with Crippen LogP contribution in [0.1, 0.15) is 16.7 Å². The van der Waals surface area contributed by atoms with Crippen molar-refractivity contribution < 1.29 is 14.3 Å². The Hall–Kier alpha value is -2.65. The van der Waals surface area contributed by atoms with Crippen molar-refractivity contribution >= 4 is 34.4 Å². The number of hydrogen-bond donors (Lipinski definition) is 1. The first-order valence-electron chi connectivity index (χ1n) is 7.39. The van der Waals surface area contributed by atoms with E-state index in [1.54, 1.807) is 24.3 Å². The molecule has 0 bridgehead atoms. The summed E-state index contributed by atoms with van der Waals surface area (Å²) in [4.78, 5) is 10.7. The third-order valence-electron chi connectivity index (χ3n) is 3.77. The van der Waals surface area contributed by atoms with Gasteiger partial charge in [0, 0.05) is 11.1 Å². The van der Waals surface area contributed by atoms with Crippen LogP contribution in [-0.4, -0.2) is 11.1 Å². The molecule has 0 aliphatic carbocycles. The van der Waals surface area contributed by atoms with Crippen molar-refractivity contribution in [1.29, 1.82) is 0 Å². The van der Waals surface area contributed by atoms with E-state index in [4.69, 9.17) is 16.7 Å². The lowest BCUT2D eigenvalue weighted by Crippen LogP contribution is -1.94. The topological polar surface area (TPSA) is 37.3 Å². The number of benzene rings is 3. The van der Waals surface area contributed by atoms with E-state index in [-0.39, 0.29) is 5.82 Å². The van der Waals surface area contributed by atoms with E-state index < -0.39 is 5.97 Å². The molecule has 4 heteroatoms. The summed E-state index contributed by atoms with van der Waals surface area (Å²) in [7, 11) is 0. The molecule has 0 atom stereocenters. The van der Waals surface area contributed by atoms with Crippen LogP contribution in [0.2, 0.25) is 5.02 Å². The number of carbonyl (C=O) groups is 1. The minimum absolute atomic E-state index is 0.258. The van der Waals surface area contributed by atoms with Crippen molar-refractivity contribution in [3.8, 4) is 0 Å². The summed E-state index contributed by atoms with van der Waals surface area (Å²) in [6, 6.07) is 15.9. The second-order valence-electron chi connectivity index (χ2n) is 5.52. The molecular formula is C20H14ClFO2. The molecule has 0 fully saturated rings. The predicted molar refractivity (Wildman–Crippen MR) is 94.8 cm³/mol. The maximum Gasteiger partial charge on any atom is 0.328 e. The first-order valence-corrected chi connectivity index (χ1v) is 7.77. The van der Waals surface area contributed by atoms with Crippen LogP contribution in [-0.2, 0) is 11.2 Å². The molecule has 0 aromatic heterocycles. The van der Waals surface area contributed by atoms with Gasteiger partial charge in [-0.3, -0.25) is 0 Å². The van der Waals surface area contributed by atoms with Crippen LogP contribution in [0.3, 0.4) is 0 Å². The van der Waals surface area contributed by atoms with Gasteiger partial charge < -0.3 is 5.11 Å². The molecule has 0 spiro atoms. The molecule has 1 N–H and O–H groups in total. The Kier molecular flexibility index (Phi) is 4.63. The van der Waals surface area contributed by atoms with Gasteiger partial charge in [0.05, 0.1) is 0 Å². The molecule has 0 amide bonds. The second-order valence-corrected chi connectivity index (χ2v) is 5.95. The van der Waals surface area contributed by atoms with E-state index in [1.807, 2.05) is 24.3 Å². The molecule has 0 unspecified atom stereocenters. The largest absolute Gasteiger partial charge is 0.478 e. The number of fused-ring (bicyclic) bond motifs is 1. The molecule has 3 aromatic carbocycles. The standard InChI is InChI=1S/C20H14ClFO2/c21-18-6-3-14(5-8-20(23)24)17(11-18)10-13-1-2-16-12-19(22)7-4-15(16)9-13/h1-9,11-12H,10H2,(H,23,24)/b8-5+. The van der Waals surface area contributed by atoms with Crippen LogP contribution in [0.15, 0.2) is 60.7 Å². The Morgan fingerprint density at radius 3 is 2.58 bits per heavy atom. The average Bonchev–Trinajstić information content (AvgIpc) is 2.54. The number of rotatable bonds is 4. The lowest BCUT2D eigenvalue weighted by atomic mass is 9.97. The maximum absolute atomic E-state index is 13.3. The van der Waals surface area contributed by atoms with Crippen LogP contribution >= 0.6 is 11.6 Å². The molecule has 3 aromatic rings. The SMILES string of the molecule is O=C(O)/C=C/c1ccc(Cl)cc1Cc1ccc2cc(F)ccc2c1. The van der Waals surface area contributed by atoms with Crippen LogP contribution in [0, 0.1) is 5.82 Å². The second kappa shape index (κ2) is 6.85. The Balaban J connectivity index is 1.97. The molecule has 0 radical (unpaired) electrons.